The summed E-state index contributed by atoms with van der Waals surface area (Å²) in [4.78, 5) is 34.0. The number of carboxylic acids is 2. The fraction of sp³-hybridized carbons (Fsp3) is 0.235. The van der Waals surface area contributed by atoms with Crippen LogP contribution < -0.4 is 10.1 Å². The summed E-state index contributed by atoms with van der Waals surface area (Å²) < 4.78 is 10.3. The van der Waals surface area contributed by atoms with E-state index in [0.717, 1.165) is 22.5 Å². The number of benzene rings is 1. The molecule has 0 fully saturated rings. The molecule has 0 bridgehead atoms. The SMILES string of the molecule is CCOC(=O)NCc1ccc(-c2sc(C(=O)O)c(OCC(=O)O)c2Br)cc1. The molecule has 8 nitrogen and oxygen atoms in total. The number of ether oxygens (including phenoxy) is 2. The van der Waals surface area contributed by atoms with Crippen LogP contribution in [0, 0.1) is 0 Å². The molecule has 144 valence electrons. The number of rotatable bonds is 8. The maximum atomic E-state index is 11.4. The second-order valence-corrected chi connectivity index (χ2v) is 6.98. The van der Waals surface area contributed by atoms with Gasteiger partial charge in [0.15, 0.2) is 17.2 Å². The van der Waals surface area contributed by atoms with Crippen LogP contribution >= 0.6 is 27.3 Å². The van der Waals surface area contributed by atoms with E-state index in [9.17, 15) is 19.5 Å². The summed E-state index contributed by atoms with van der Waals surface area (Å²) in [6, 6.07) is 7.11. The molecule has 0 saturated heterocycles. The Bertz CT molecular complexity index is 848. The molecule has 10 heteroatoms. The van der Waals surface area contributed by atoms with Gasteiger partial charge in [0.25, 0.3) is 0 Å². The first kappa shape index (κ1) is 20.7. The van der Waals surface area contributed by atoms with Crippen LogP contribution in [-0.2, 0) is 16.1 Å². The van der Waals surface area contributed by atoms with Gasteiger partial charge >= 0.3 is 18.0 Å². The summed E-state index contributed by atoms with van der Waals surface area (Å²) in [7, 11) is 0. The first-order valence-corrected chi connectivity index (χ1v) is 9.34. The number of hydrogen-bond acceptors (Lipinski definition) is 6. The number of carbonyl (C=O) groups is 3. The second-order valence-electron chi connectivity index (χ2n) is 5.16. The van der Waals surface area contributed by atoms with Gasteiger partial charge in [-0.25, -0.2) is 14.4 Å². The first-order chi connectivity index (χ1) is 12.8. The van der Waals surface area contributed by atoms with Crippen LogP contribution in [0.1, 0.15) is 22.2 Å². The number of carboxylic acid groups (broad SMARTS) is 2. The highest BCUT2D eigenvalue weighted by atomic mass is 79.9. The average Bonchev–Trinajstić information content (AvgIpc) is 2.95. The maximum Gasteiger partial charge on any atom is 0.407 e. The first-order valence-electron chi connectivity index (χ1n) is 7.73. The van der Waals surface area contributed by atoms with E-state index in [1.54, 1.807) is 31.2 Å². The van der Waals surface area contributed by atoms with Gasteiger partial charge in [0.1, 0.15) is 0 Å². The molecule has 1 aromatic heterocycles. The molecule has 0 radical (unpaired) electrons. The van der Waals surface area contributed by atoms with Crippen LogP contribution in [-0.4, -0.2) is 41.5 Å². The summed E-state index contributed by atoms with van der Waals surface area (Å²) in [5.74, 6) is -2.43. The van der Waals surface area contributed by atoms with Crippen LogP contribution in [0.5, 0.6) is 5.75 Å². The highest BCUT2D eigenvalue weighted by molar-refractivity contribution is 9.10. The number of carbonyl (C=O) groups excluding carboxylic acids is 1. The predicted octanol–water partition coefficient (Wildman–Crippen LogP) is 3.59. The number of aliphatic carboxylic acids is 1. The Morgan fingerprint density at radius 2 is 1.85 bits per heavy atom. The molecule has 1 heterocycles. The van der Waals surface area contributed by atoms with Gasteiger partial charge in [-0.2, -0.15) is 0 Å². The van der Waals surface area contributed by atoms with E-state index in [2.05, 4.69) is 21.2 Å². The van der Waals surface area contributed by atoms with Gasteiger partial charge < -0.3 is 25.0 Å². The molecule has 1 aromatic carbocycles. The predicted molar refractivity (Wildman–Crippen MR) is 101 cm³/mol. The Hall–Kier alpha value is -2.59. The van der Waals surface area contributed by atoms with Crippen LogP contribution in [0.4, 0.5) is 4.79 Å². The van der Waals surface area contributed by atoms with Crippen LogP contribution in [0.15, 0.2) is 28.7 Å². The van der Waals surface area contributed by atoms with E-state index in [4.69, 9.17) is 14.6 Å². The fourth-order valence-corrected chi connectivity index (χ4v) is 4.01. The molecule has 2 rings (SSSR count). The van der Waals surface area contributed by atoms with E-state index >= 15 is 0 Å². The van der Waals surface area contributed by atoms with Crippen molar-refractivity contribution >= 4 is 45.3 Å². The van der Waals surface area contributed by atoms with Crippen molar-refractivity contribution in [2.24, 2.45) is 0 Å². The molecular formula is C17H16BrNO7S. The molecule has 27 heavy (non-hydrogen) atoms. The Kier molecular flexibility index (Phi) is 7.19. The van der Waals surface area contributed by atoms with Gasteiger partial charge in [0.2, 0.25) is 0 Å². The molecule has 0 aliphatic carbocycles. The monoisotopic (exact) mass is 457 g/mol. The number of amides is 1. The van der Waals surface area contributed by atoms with E-state index in [1.807, 2.05) is 0 Å². The zero-order valence-corrected chi connectivity index (χ0v) is 16.6. The zero-order chi connectivity index (χ0) is 20.0. The fourth-order valence-electron chi connectivity index (χ4n) is 2.12. The molecule has 2 aromatic rings. The number of halogens is 1. The molecule has 0 saturated carbocycles. The molecular weight excluding hydrogens is 442 g/mol. The normalized spacial score (nSPS) is 10.3. The van der Waals surface area contributed by atoms with Crippen LogP contribution in [0.2, 0.25) is 0 Å². The summed E-state index contributed by atoms with van der Waals surface area (Å²) in [5, 5.41) is 20.7. The number of nitrogens with one attached hydrogen (secondary N) is 1. The quantitative estimate of drug-likeness (QED) is 0.553. The molecule has 0 atom stereocenters. The number of alkyl carbamates (subject to hydrolysis) is 1. The van der Waals surface area contributed by atoms with Crippen molar-refractivity contribution < 1.29 is 34.1 Å². The number of hydrogen-bond donors (Lipinski definition) is 3. The Morgan fingerprint density at radius 1 is 1.19 bits per heavy atom. The van der Waals surface area contributed by atoms with Crippen molar-refractivity contribution in [3.05, 3.63) is 39.2 Å². The maximum absolute atomic E-state index is 11.4. The summed E-state index contributed by atoms with van der Waals surface area (Å²) >= 11 is 4.27. The highest BCUT2D eigenvalue weighted by Gasteiger charge is 2.24. The Balaban J connectivity index is 2.22. The van der Waals surface area contributed by atoms with Crippen molar-refractivity contribution in [2.75, 3.05) is 13.2 Å². The molecule has 0 unspecified atom stereocenters. The van der Waals surface area contributed by atoms with Gasteiger partial charge in [-0.1, -0.05) is 24.3 Å². The topological polar surface area (TPSA) is 122 Å². The number of thiophene rings is 1. The van der Waals surface area contributed by atoms with Crippen molar-refractivity contribution in [2.45, 2.75) is 13.5 Å². The standard InChI is InChI=1S/C17H16BrNO7S/c1-2-25-17(24)19-7-9-3-5-10(6-4-9)14-12(18)13(26-8-11(20)21)15(27-14)16(22)23/h3-6H,2,7-8H2,1H3,(H,19,24)(H,20,21)(H,22,23). The van der Waals surface area contributed by atoms with Gasteiger partial charge in [-0.15, -0.1) is 11.3 Å². The van der Waals surface area contributed by atoms with Crippen LogP contribution in [0.25, 0.3) is 10.4 Å². The van der Waals surface area contributed by atoms with Gasteiger partial charge in [-0.3, -0.25) is 0 Å². The van der Waals surface area contributed by atoms with E-state index in [0.29, 0.717) is 9.35 Å². The van der Waals surface area contributed by atoms with Crippen molar-refractivity contribution in [3.8, 4) is 16.2 Å². The minimum atomic E-state index is -1.21. The molecule has 1 amide bonds. The smallest absolute Gasteiger partial charge is 0.407 e. The number of aromatic carboxylic acids is 1. The van der Waals surface area contributed by atoms with Gasteiger partial charge in [0.05, 0.1) is 16.0 Å². The van der Waals surface area contributed by atoms with E-state index in [1.165, 1.54) is 0 Å². The minimum absolute atomic E-state index is 0.0158. The molecule has 0 spiro atoms. The lowest BCUT2D eigenvalue weighted by molar-refractivity contribution is -0.139. The van der Waals surface area contributed by atoms with E-state index in [-0.39, 0.29) is 23.8 Å². The molecule has 0 aliphatic heterocycles. The highest BCUT2D eigenvalue weighted by Crippen LogP contribution is 2.45. The van der Waals surface area contributed by atoms with Crippen molar-refractivity contribution in [3.63, 3.8) is 0 Å². The van der Waals surface area contributed by atoms with Crippen LogP contribution in [0.3, 0.4) is 0 Å². The second kappa shape index (κ2) is 9.38. The molecule has 0 aliphatic rings. The minimum Gasteiger partial charge on any atom is -0.479 e. The van der Waals surface area contributed by atoms with E-state index < -0.39 is 24.6 Å². The van der Waals surface area contributed by atoms with Crippen molar-refractivity contribution in [1.82, 2.24) is 5.32 Å². The summed E-state index contributed by atoms with van der Waals surface area (Å²) in [6.07, 6.45) is -0.506. The lowest BCUT2D eigenvalue weighted by atomic mass is 10.1. The summed E-state index contributed by atoms with van der Waals surface area (Å²) in [5.41, 5.74) is 1.56. The largest absolute Gasteiger partial charge is 0.479 e. The lowest BCUT2D eigenvalue weighted by Gasteiger charge is -2.06. The van der Waals surface area contributed by atoms with Gasteiger partial charge in [0, 0.05) is 6.54 Å². The van der Waals surface area contributed by atoms with Gasteiger partial charge in [-0.05, 0) is 34.0 Å². The Labute approximate surface area is 166 Å². The lowest BCUT2D eigenvalue weighted by Crippen LogP contribution is -2.23. The van der Waals surface area contributed by atoms with Crippen molar-refractivity contribution in [1.29, 1.82) is 0 Å². The molecule has 3 N–H and O–H groups in total. The Morgan fingerprint density at radius 3 is 2.41 bits per heavy atom. The third-order valence-corrected chi connectivity index (χ3v) is 5.50. The summed E-state index contributed by atoms with van der Waals surface area (Å²) in [6.45, 7) is 1.65. The third-order valence-electron chi connectivity index (χ3n) is 3.27. The zero-order valence-electron chi connectivity index (χ0n) is 14.2. The third kappa shape index (κ3) is 5.44. The average molecular weight is 458 g/mol.